The van der Waals surface area contributed by atoms with Crippen LogP contribution in [0, 0.1) is 0 Å². The monoisotopic (exact) mass is 254 g/mol. The van der Waals surface area contributed by atoms with E-state index in [0.717, 1.165) is 19.6 Å². The third-order valence-electron chi connectivity index (χ3n) is 3.33. The van der Waals surface area contributed by atoms with Gasteiger partial charge in [0.2, 0.25) is 0 Å². The first-order valence-corrected chi connectivity index (χ1v) is 7.69. The predicted molar refractivity (Wildman–Crippen MR) is 83.1 cm³/mol. The molecule has 0 spiro atoms. The van der Waals surface area contributed by atoms with Crippen LogP contribution in [0.5, 0.6) is 0 Å². The molecule has 0 amide bonds. The Hall–Kier alpha value is -0.340. The van der Waals surface area contributed by atoms with Gasteiger partial charge in [-0.3, -0.25) is 0 Å². The minimum atomic E-state index is 0.296. The normalized spacial score (nSPS) is 11.7. The molecule has 0 aromatic rings. The summed E-state index contributed by atoms with van der Waals surface area (Å²) < 4.78 is 0. The minimum Gasteiger partial charge on any atom is -0.313 e. The van der Waals surface area contributed by atoms with E-state index in [2.05, 4.69) is 38.0 Å². The Kier molecular flexibility index (Phi) is 11.5. The Balaban J connectivity index is 3.39. The topological polar surface area (TPSA) is 24.1 Å². The molecule has 2 heteroatoms. The standard InChI is InChI=1S/C16H34N2/c1-5-7-8-9-10-12-16(3,4)18-15-11-14-17-13-6-2/h6,17-18H,2,5,7-15H2,1,3-4H3. The van der Waals surface area contributed by atoms with Crippen molar-refractivity contribution in [2.24, 2.45) is 0 Å². The quantitative estimate of drug-likeness (QED) is 0.385. The van der Waals surface area contributed by atoms with Crippen molar-refractivity contribution >= 4 is 0 Å². The van der Waals surface area contributed by atoms with Crippen LogP contribution >= 0.6 is 0 Å². The lowest BCUT2D eigenvalue weighted by Gasteiger charge is -2.26. The zero-order valence-corrected chi connectivity index (χ0v) is 12.9. The number of rotatable bonds is 13. The van der Waals surface area contributed by atoms with E-state index in [-0.39, 0.29) is 0 Å². The first kappa shape index (κ1) is 17.7. The van der Waals surface area contributed by atoms with Gasteiger partial charge in [-0.25, -0.2) is 0 Å². The number of unbranched alkanes of at least 4 members (excludes halogenated alkanes) is 4. The fraction of sp³-hybridized carbons (Fsp3) is 0.875. The van der Waals surface area contributed by atoms with Crippen LogP contribution in [-0.2, 0) is 0 Å². The second kappa shape index (κ2) is 11.7. The van der Waals surface area contributed by atoms with E-state index >= 15 is 0 Å². The van der Waals surface area contributed by atoms with E-state index in [1.54, 1.807) is 0 Å². The van der Waals surface area contributed by atoms with Crippen LogP contribution in [0.25, 0.3) is 0 Å². The van der Waals surface area contributed by atoms with Gasteiger partial charge in [-0.15, -0.1) is 6.58 Å². The average molecular weight is 254 g/mol. The highest BCUT2D eigenvalue weighted by atomic mass is 15.0. The van der Waals surface area contributed by atoms with E-state index < -0.39 is 0 Å². The number of hydrogen-bond acceptors (Lipinski definition) is 2. The van der Waals surface area contributed by atoms with Crippen molar-refractivity contribution in [3.8, 4) is 0 Å². The maximum absolute atomic E-state index is 3.69. The maximum atomic E-state index is 3.69. The van der Waals surface area contributed by atoms with Crippen LogP contribution in [0.15, 0.2) is 12.7 Å². The van der Waals surface area contributed by atoms with Crippen molar-refractivity contribution in [3.63, 3.8) is 0 Å². The van der Waals surface area contributed by atoms with Gasteiger partial charge in [-0.1, -0.05) is 45.1 Å². The summed E-state index contributed by atoms with van der Waals surface area (Å²) in [5, 5.41) is 6.99. The van der Waals surface area contributed by atoms with Crippen LogP contribution in [0.1, 0.15) is 65.7 Å². The van der Waals surface area contributed by atoms with Crippen LogP contribution < -0.4 is 10.6 Å². The molecule has 18 heavy (non-hydrogen) atoms. The van der Waals surface area contributed by atoms with Gasteiger partial charge >= 0.3 is 0 Å². The Morgan fingerprint density at radius 2 is 1.72 bits per heavy atom. The van der Waals surface area contributed by atoms with E-state index in [1.807, 2.05) is 6.08 Å². The fourth-order valence-corrected chi connectivity index (χ4v) is 2.10. The predicted octanol–water partition coefficient (Wildman–Crippen LogP) is 3.88. The molecular weight excluding hydrogens is 220 g/mol. The molecule has 0 saturated carbocycles. The molecule has 0 saturated heterocycles. The minimum absolute atomic E-state index is 0.296. The van der Waals surface area contributed by atoms with Crippen molar-refractivity contribution in [2.45, 2.75) is 71.3 Å². The molecule has 0 aromatic heterocycles. The van der Waals surface area contributed by atoms with E-state index in [4.69, 9.17) is 0 Å². The molecule has 0 radical (unpaired) electrons. The molecule has 2 nitrogen and oxygen atoms in total. The summed E-state index contributed by atoms with van der Waals surface area (Å²) >= 11 is 0. The first-order chi connectivity index (χ1) is 8.62. The van der Waals surface area contributed by atoms with Gasteiger partial charge in [0.25, 0.3) is 0 Å². The summed E-state index contributed by atoms with van der Waals surface area (Å²) in [4.78, 5) is 0. The molecule has 0 aliphatic heterocycles. The van der Waals surface area contributed by atoms with Gasteiger partial charge in [-0.05, 0) is 39.8 Å². The number of nitrogens with one attached hydrogen (secondary N) is 2. The third-order valence-corrected chi connectivity index (χ3v) is 3.33. The van der Waals surface area contributed by atoms with Crippen LogP contribution in [0.2, 0.25) is 0 Å². The molecule has 108 valence electrons. The molecule has 0 fully saturated rings. The lowest BCUT2D eigenvalue weighted by molar-refractivity contribution is 0.345. The molecule has 0 bridgehead atoms. The van der Waals surface area contributed by atoms with Crippen molar-refractivity contribution in [1.29, 1.82) is 0 Å². The average Bonchev–Trinajstić information content (AvgIpc) is 2.33. The highest BCUT2D eigenvalue weighted by Gasteiger charge is 2.15. The summed E-state index contributed by atoms with van der Waals surface area (Å²) in [6, 6.07) is 0. The van der Waals surface area contributed by atoms with Gasteiger partial charge < -0.3 is 10.6 Å². The van der Waals surface area contributed by atoms with Crippen LogP contribution in [0.3, 0.4) is 0 Å². The van der Waals surface area contributed by atoms with Gasteiger partial charge in [0.1, 0.15) is 0 Å². The highest BCUT2D eigenvalue weighted by molar-refractivity contribution is 4.77. The van der Waals surface area contributed by atoms with Crippen molar-refractivity contribution in [2.75, 3.05) is 19.6 Å². The summed E-state index contributed by atoms with van der Waals surface area (Å²) in [5.74, 6) is 0. The zero-order valence-electron chi connectivity index (χ0n) is 12.9. The molecule has 2 N–H and O–H groups in total. The zero-order chi connectivity index (χ0) is 13.7. The van der Waals surface area contributed by atoms with Crippen molar-refractivity contribution in [1.82, 2.24) is 10.6 Å². The lowest BCUT2D eigenvalue weighted by atomic mass is 9.96. The summed E-state index contributed by atoms with van der Waals surface area (Å²) in [6.07, 6.45) is 11.3. The van der Waals surface area contributed by atoms with E-state index in [9.17, 15) is 0 Å². The molecular formula is C16H34N2. The molecule has 0 rings (SSSR count). The van der Waals surface area contributed by atoms with Gasteiger partial charge in [0.05, 0.1) is 0 Å². The van der Waals surface area contributed by atoms with Crippen molar-refractivity contribution < 1.29 is 0 Å². The Labute approximate surface area is 115 Å². The Morgan fingerprint density at radius 1 is 1.00 bits per heavy atom. The number of hydrogen-bond donors (Lipinski definition) is 2. The molecule has 0 heterocycles. The fourth-order valence-electron chi connectivity index (χ4n) is 2.10. The maximum Gasteiger partial charge on any atom is 0.0132 e. The lowest BCUT2D eigenvalue weighted by Crippen LogP contribution is -2.40. The molecule has 0 aliphatic rings. The van der Waals surface area contributed by atoms with Crippen molar-refractivity contribution in [3.05, 3.63) is 12.7 Å². The summed E-state index contributed by atoms with van der Waals surface area (Å²) in [7, 11) is 0. The summed E-state index contributed by atoms with van der Waals surface area (Å²) in [5.41, 5.74) is 0.296. The second-order valence-corrected chi connectivity index (χ2v) is 5.82. The molecule has 0 aromatic carbocycles. The van der Waals surface area contributed by atoms with Gasteiger partial charge in [0.15, 0.2) is 0 Å². The smallest absolute Gasteiger partial charge is 0.0132 e. The second-order valence-electron chi connectivity index (χ2n) is 5.82. The van der Waals surface area contributed by atoms with Gasteiger partial charge in [-0.2, -0.15) is 0 Å². The van der Waals surface area contributed by atoms with E-state index in [0.29, 0.717) is 5.54 Å². The Bertz CT molecular complexity index is 188. The Morgan fingerprint density at radius 3 is 2.39 bits per heavy atom. The van der Waals surface area contributed by atoms with Gasteiger partial charge in [0, 0.05) is 12.1 Å². The largest absolute Gasteiger partial charge is 0.313 e. The molecule has 0 unspecified atom stereocenters. The highest BCUT2D eigenvalue weighted by Crippen LogP contribution is 2.14. The van der Waals surface area contributed by atoms with E-state index in [1.165, 1.54) is 44.9 Å². The molecule has 0 aliphatic carbocycles. The van der Waals surface area contributed by atoms with Crippen LogP contribution in [0.4, 0.5) is 0 Å². The summed E-state index contributed by atoms with van der Waals surface area (Å²) in [6.45, 7) is 13.7. The molecule has 0 atom stereocenters. The first-order valence-electron chi connectivity index (χ1n) is 7.69. The third kappa shape index (κ3) is 12.1. The SMILES string of the molecule is C=CCNCCCNC(C)(C)CCCCCCC. The van der Waals surface area contributed by atoms with Crippen LogP contribution in [-0.4, -0.2) is 25.2 Å².